The van der Waals surface area contributed by atoms with Crippen molar-refractivity contribution < 1.29 is 4.74 Å². The first-order valence-electron chi connectivity index (χ1n) is 8.57. The van der Waals surface area contributed by atoms with Crippen LogP contribution in [0.3, 0.4) is 0 Å². The predicted octanol–water partition coefficient (Wildman–Crippen LogP) is 4.51. The molecule has 2 aromatic carbocycles. The number of benzene rings is 2. The summed E-state index contributed by atoms with van der Waals surface area (Å²) in [5.74, 6) is 1.42. The quantitative estimate of drug-likeness (QED) is 0.901. The Morgan fingerprint density at radius 3 is 2.30 bits per heavy atom. The van der Waals surface area contributed by atoms with Crippen LogP contribution < -0.4 is 10.1 Å². The van der Waals surface area contributed by atoms with E-state index in [-0.39, 0.29) is 11.5 Å². The smallest absolute Gasteiger partial charge is 0.119 e. The van der Waals surface area contributed by atoms with Crippen LogP contribution in [0.25, 0.3) is 0 Å². The van der Waals surface area contributed by atoms with Crippen LogP contribution in [0.4, 0.5) is 0 Å². The van der Waals surface area contributed by atoms with Crippen LogP contribution in [0, 0.1) is 0 Å². The van der Waals surface area contributed by atoms with Crippen LogP contribution in [-0.4, -0.2) is 19.2 Å². The van der Waals surface area contributed by atoms with Gasteiger partial charge in [-0.1, -0.05) is 63.2 Å². The van der Waals surface area contributed by atoms with E-state index in [1.54, 1.807) is 0 Å². The van der Waals surface area contributed by atoms with E-state index < -0.39 is 0 Å². The molecule has 2 unspecified atom stereocenters. The molecule has 0 aromatic heterocycles. The second-order valence-corrected chi connectivity index (χ2v) is 7.44. The van der Waals surface area contributed by atoms with E-state index in [9.17, 15) is 0 Å². The van der Waals surface area contributed by atoms with E-state index in [4.69, 9.17) is 4.74 Å². The first-order valence-corrected chi connectivity index (χ1v) is 8.57. The molecule has 0 radical (unpaired) electrons. The molecule has 0 spiro atoms. The molecule has 0 amide bonds. The zero-order valence-electron chi connectivity index (χ0n) is 14.4. The second-order valence-electron chi connectivity index (χ2n) is 7.44. The fraction of sp³-hybridized carbons (Fsp3) is 0.429. The van der Waals surface area contributed by atoms with E-state index in [1.807, 2.05) is 0 Å². The monoisotopic (exact) mass is 309 g/mol. The minimum absolute atomic E-state index is 0.178. The Bertz CT molecular complexity index is 613. The van der Waals surface area contributed by atoms with E-state index in [1.165, 1.54) is 11.1 Å². The van der Waals surface area contributed by atoms with Gasteiger partial charge in [0.2, 0.25) is 0 Å². The summed E-state index contributed by atoms with van der Waals surface area (Å²) in [6.45, 7) is 8.67. The van der Waals surface area contributed by atoms with Gasteiger partial charge >= 0.3 is 0 Å². The zero-order chi connectivity index (χ0) is 16.3. The summed E-state index contributed by atoms with van der Waals surface area (Å²) in [4.78, 5) is 0. The third-order valence-electron chi connectivity index (χ3n) is 4.66. The lowest BCUT2D eigenvalue weighted by Crippen LogP contribution is -2.42. The lowest BCUT2D eigenvalue weighted by atomic mass is 9.87. The standard InChI is InChI=1S/C21H27NO/c1-21(2,3)17-9-11-18(12-10-17)23-20-15-22-14-13-19(20)16-7-5-4-6-8-16/h4-12,19-20,22H,13-15H2,1-3H3. The molecule has 0 bridgehead atoms. The Hall–Kier alpha value is -1.80. The molecule has 0 aliphatic carbocycles. The van der Waals surface area contributed by atoms with Gasteiger partial charge in [0.05, 0.1) is 0 Å². The molecular weight excluding hydrogens is 282 g/mol. The van der Waals surface area contributed by atoms with Crippen molar-refractivity contribution in [3.05, 3.63) is 65.7 Å². The molecule has 1 aliphatic rings. The first-order chi connectivity index (χ1) is 11.0. The third-order valence-corrected chi connectivity index (χ3v) is 4.66. The number of hydrogen-bond acceptors (Lipinski definition) is 2. The van der Waals surface area contributed by atoms with E-state index in [0.717, 1.165) is 25.3 Å². The molecule has 2 heteroatoms. The van der Waals surface area contributed by atoms with Crippen LogP contribution in [0.5, 0.6) is 5.75 Å². The summed E-state index contributed by atoms with van der Waals surface area (Å²) >= 11 is 0. The van der Waals surface area contributed by atoms with E-state index >= 15 is 0 Å². The molecule has 1 fully saturated rings. The Morgan fingerprint density at radius 1 is 0.957 bits per heavy atom. The minimum Gasteiger partial charge on any atom is -0.488 e. The lowest BCUT2D eigenvalue weighted by Gasteiger charge is -2.33. The van der Waals surface area contributed by atoms with Crippen LogP contribution in [-0.2, 0) is 5.41 Å². The summed E-state index contributed by atoms with van der Waals surface area (Å²) in [6.07, 6.45) is 1.31. The summed E-state index contributed by atoms with van der Waals surface area (Å²) < 4.78 is 6.33. The van der Waals surface area contributed by atoms with Gasteiger partial charge in [0, 0.05) is 12.5 Å². The largest absolute Gasteiger partial charge is 0.488 e. The van der Waals surface area contributed by atoms with Crippen molar-refractivity contribution in [3.8, 4) is 5.75 Å². The van der Waals surface area contributed by atoms with E-state index in [2.05, 4.69) is 80.7 Å². The first kappa shape index (κ1) is 16.1. The number of piperidine rings is 1. The molecule has 2 aromatic rings. The zero-order valence-corrected chi connectivity index (χ0v) is 14.4. The average Bonchev–Trinajstić information content (AvgIpc) is 2.56. The SMILES string of the molecule is CC(C)(C)c1ccc(OC2CNCCC2c2ccccc2)cc1. The topological polar surface area (TPSA) is 21.3 Å². The molecule has 2 nitrogen and oxygen atoms in total. The van der Waals surface area contributed by atoms with E-state index in [0.29, 0.717) is 5.92 Å². The average molecular weight is 309 g/mol. The van der Waals surface area contributed by atoms with Crippen molar-refractivity contribution in [2.75, 3.05) is 13.1 Å². The normalized spacial score (nSPS) is 21.9. The Balaban J connectivity index is 1.75. The second kappa shape index (κ2) is 6.76. The molecule has 1 aliphatic heterocycles. The third kappa shape index (κ3) is 3.94. The van der Waals surface area contributed by atoms with Crippen LogP contribution in [0.1, 0.15) is 44.2 Å². The molecule has 23 heavy (non-hydrogen) atoms. The van der Waals surface area contributed by atoms with Crippen LogP contribution >= 0.6 is 0 Å². The van der Waals surface area contributed by atoms with Gasteiger partial charge in [-0.15, -0.1) is 0 Å². The Labute approximate surface area is 139 Å². The maximum absolute atomic E-state index is 6.33. The highest BCUT2D eigenvalue weighted by atomic mass is 16.5. The van der Waals surface area contributed by atoms with Crippen molar-refractivity contribution in [1.82, 2.24) is 5.32 Å². The molecule has 1 saturated heterocycles. The predicted molar refractivity (Wildman–Crippen MR) is 96.2 cm³/mol. The minimum atomic E-state index is 0.178. The van der Waals surface area contributed by atoms with Gasteiger partial charge in [-0.3, -0.25) is 0 Å². The van der Waals surface area contributed by atoms with Crippen molar-refractivity contribution >= 4 is 0 Å². The highest BCUT2D eigenvalue weighted by Gasteiger charge is 2.28. The van der Waals surface area contributed by atoms with Gasteiger partial charge in [0.1, 0.15) is 11.9 Å². The van der Waals surface area contributed by atoms with Crippen molar-refractivity contribution in [3.63, 3.8) is 0 Å². The summed E-state index contributed by atoms with van der Waals surface area (Å²) in [5.41, 5.74) is 2.90. The summed E-state index contributed by atoms with van der Waals surface area (Å²) in [6, 6.07) is 19.3. The molecule has 122 valence electrons. The van der Waals surface area contributed by atoms with Gasteiger partial charge in [-0.05, 0) is 41.6 Å². The number of rotatable bonds is 3. The highest BCUT2D eigenvalue weighted by molar-refractivity contribution is 5.32. The van der Waals surface area contributed by atoms with Crippen LogP contribution in [0.2, 0.25) is 0 Å². The maximum atomic E-state index is 6.33. The fourth-order valence-corrected chi connectivity index (χ4v) is 3.24. The summed E-state index contributed by atoms with van der Waals surface area (Å²) in [5, 5.41) is 3.47. The van der Waals surface area contributed by atoms with Crippen molar-refractivity contribution in [1.29, 1.82) is 0 Å². The number of hydrogen-bond donors (Lipinski definition) is 1. The van der Waals surface area contributed by atoms with Crippen LogP contribution in [0.15, 0.2) is 54.6 Å². The molecule has 1 heterocycles. The molecule has 2 atom stereocenters. The molecule has 1 N–H and O–H groups in total. The summed E-state index contributed by atoms with van der Waals surface area (Å²) in [7, 11) is 0. The van der Waals surface area contributed by atoms with Crippen molar-refractivity contribution in [2.24, 2.45) is 0 Å². The van der Waals surface area contributed by atoms with Gasteiger partial charge in [0.25, 0.3) is 0 Å². The van der Waals surface area contributed by atoms with Gasteiger partial charge in [-0.25, -0.2) is 0 Å². The maximum Gasteiger partial charge on any atom is 0.119 e. The Morgan fingerprint density at radius 2 is 1.65 bits per heavy atom. The van der Waals surface area contributed by atoms with Gasteiger partial charge in [0.15, 0.2) is 0 Å². The fourth-order valence-electron chi connectivity index (χ4n) is 3.24. The Kier molecular flexibility index (Phi) is 4.72. The number of ether oxygens (including phenoxy) is 1. The molecular formula is C21H27NO. The van der Waals surface area contributed by atoms with Crippen molar-refractivity contribution in [2.45, 2.75) is 44.6 Å². The molecule has 0 saturated carbocycles. The highest BCUT2D eigenvalue weighted by Crippen LogP contribution is 2.30. The van der Waals surface area contributed by atoms with Gasteiger partial charge < -0.3 is 10.1 Å². The number of nitrogens with one attached hydrogen (secondary N) is 1. The van der Waals surface area contributed by atoms with Gasteiger partial charge in [-0.2, -0.15) is 0 Å². The molecule has 3 rings (SSSR count). The lowest BCUT2D eigenvalue weighted by molar-refractivity contribution is 0.142.